The van der Waals surface area contributed by atoms with Gasteiger partial charge in [0.25, 0.3) is 0 Å². The normalized spacial score (nSPS) is 14.8. The molecule has 4 rings (SSSR count). The average Bonchev–Trinajstić information content (AvgIpc) is 2.71. The fourth-order valence-corrected chi connectivity index (χ4v) is 3.74. The second-order valence-corrected chi connectivity index (χ2v) is 7.02. The van der Waals surface area contributed by atoms with Crippen LogP contribution in [0.15, 0.2) is 91.0 Å². The molecular weight excluding hydrogens is 314 g/mol. The highest BCUT2D eigenvalue weighted by Crippen LogP contribution is 2.27. The highest BCUT2D eigenvalue weighted by molar-refractivity contribution is 5.69. The summed E-state index contributed by atoms with van der Waals surface area (Å²) in [7, 11) is 0. The SMILES string of the molecule is C1=C(c2ccccc2Cc2ccccc2)CCN(Cc2ccccc2)C1. The first-order chi connectivity index (χ1) is 12.9. The monoisotopic (exact) mass is 339 g/mol. The van der Waals surface area contributed by atoms with E-state index < -0.39 is 0 Å². The van der Waals surface area contributed by atoms with Crippen molar-refractivity contribution in [1.82, 2.24) is 4.90 Å². The molecule has 3 aromatic carbocycles. The molecule has 1 heteroatoms. The minimum Gasteiger partial charge on any atom is -0.295 e. The van der Waals surface area contributed by atoms with Gasteiger partial charge < -0.3 is 0 Å². The van der Waals surface area contributed by atoms with E-state index in [1.54, 1.807) is 0 Å². The van der Waals surface area contributed by atoms with Crippen molar-refractivity contribution < 1.29 is 0 Å². The van der Waals surface area contributed by atoms with E-state index in [9.17, 15) is 0 Å². The fourth-order valence-electron chi connectivity index (χ4n) is 3.74. The Balaban J connectivity index is 1.48. The molecule has 0 atom stereocenters. The van der Waals surface area contributed by atoms with Crippen LogP contribution in [0.4, 0.5) is 0 Å². The number of benzene rings is 3. The van der Waals surface area contributed by atoms with Gasteiger partial charge in [-0.2, -0.15) is 0 Å². The zero-order valence-corrected chi connectivity index (χ0v) is 15.1. The summed E-state index contributed by atoms with van der Waals surface area (Å²) in [5.74, 6) is 0. The van der Waals surface area contributed by atoms with Gasteiger partial charge in [0, 0.05) is 19.6 Å². The Morgan fingerprint density at radius 2 is 1.35 bits per heavy atom. The summed E-state index contributed by atoms with van der Waals surface area (Å²) in [6.45, 7) is 3.20. The molecule has 0 fully saturated rings. The van der Waals surface area contributed by atoms with Gasteiger partial charge in [0.15, 0.2) is 0 Å². The van der Waals surface area contributed by atoms with Crippen molar-refractivity contribution >= 4 is 5.57 Å². The third-order valence-corrected chi connectivity index (χ3v) is 5.14. The van der Waals surface area contributed by atoms with Gasteiger partial charge in [0.2, 0.25) is 0 Å². The molecule has 0 amide bonds. The minimum atomic E-state index is 1.00. The molecule has 1 aliphatic rings. The molecule has 1 aliphatic heterocycles. The second-order valence-electron chi connectivity index (χ2n) is 7.02. The van der Waals surface area contributed by atoms with Crippen LogP contribution in [0, 0.1) is 0 Å². The van der Waals surface area contributed by atoms with Gasteiger partial charge in [-0.05, 0) is 40.7 Å². The van der Waals surface area contributed by atoms with Crippen molar-refractivity contribution in [2.45, 2.75) is 19.4 Å². The van der Waals surface area contributed by atoms with Crippen LogP contribution in [0.1, 0.15) is 28.7 Å². The van der Waals surface area contributed by atoms with E-state index in [1.165, 1.54) is 27.8 Å². The van der Waals surface area contributed by atoms with Crippen molar-refractivity contribution in [1.29, 1.82) is 0 Å². The lowest BCUT2D eigenvalue weighted by molar-refractivity contribution is 0.294. The fraction of sp³-hybridized carbons (Fsp3) is 0.200. The van der Waals surface area contributed by atoms with Gasteiger partial charge in [-0.1, -0.05) is 91.0 Å². The first-order valence-corrected chi connectivity index (χ1v) is 9.46. The summed E-state index contributed by atoms with van der Waals surface area (Å²) in [6.07, 6.45) is 4.55. The van der Waals surface area contributed by atoms with E-state index in [-0.39, 0.29) is 0 Å². The number of rotatable bonds is 5. The predicted molar refractivity (Wildman–Crippen MR) is 110 cm³/mol. The van der Waals surface area contributed by atoms with Crippen LogP contribution < -0.4 is 0 Å². The molecule has 0 bridgehead atoms. The first kappa shape index (κ1) is 16.8. The summed E-state index contributed by atoms with van der Waals surface area (Å²) in [4.78, 5) is 2.53. The molecule has 1 heterocycles. The standard InChI is InChI=1S/C25H25N/c1-3-9-21(10-4-1)19-24-13-7-8-14-25(24)23-15-17-26(18-16-23)20-22-11-5-2-6-12-22/h1-15H,16-20H2. The topological polar surface area (TPSA) is 3.24 Å². The number of hydrogen-bond acceptors (Lipinski definition) is 1. The van der Waals surface area contributed by atoms with Gasteiger partial charge in [0.1, 0.15) is 0 Å². The lowest BCUT2D eigenvalue weighted by Crippen LogP contribution is -2.28. The molecule has 26 heavy (non-hydrogen) atoms. The Labute approximate surface area is 156 Å². The number of hydrogen-bond donors (Lipinski definition) is 0. The van der Waals surface area contributed by atoms with Crippen molar-refractivity contribution in [3.8, 4) is 0 Å². The lowest BCUT2D eigenvalue weighted by atomic mass is 9.91. The molecule has 0 aliphatic carbocycles. The van der Waals surface area contributed by atoms with Crippen LogP contribution >= 0.6 is 0 Å². The molecule has 130 valence electrons. The van der Waals surface area contributed by atoms with E-state index in [1.807, 2.05) is 0 Å². The van der Waals surface area contributed by atoms with Crippen LogP contribution in [-0.2, 0) is 13.0 Å². The van der Waals surface area contributed by atoms with Crippen molar-refractivity contribution in [3.63, 3.8) is 0 Å². The molecule has 0 unspecified atom stereocenters. The molecule has 0 saturated carbocycles. The van der Waals surface area contributed by atoms with Gasteiger partial charge in [0.05, 0.1) is 0 Å². The van der Waals surface area contributed by atoms with Crippen LogP contribution in [0.3, 0.4) is 0 Å². The maximum absolute atomic E-state index is 2.53. The van der Waals surface area contributed by atoms with Gasteiger partial charge >= 0.3 is 0 Å². The molecular formula is C25H25N. The molecule has 0 spiro atoms. The van der Waals surface area contributed by atoms with E-state index in [4.69, 9.17) is 0 Å². The zero-order chi connectivity index (χ0) is 17.6. The summed E-state index contributed by atoms with van der Waals surface area (Å²) in [6, 6.07) is 30.4. The summed E-state index contributed by atoms with van der Waals surface area (Å²) in [5.41, 5.74) is 7.13. The van der Waals surface area contributed by atoms with E-state index in [0.29, 0.717) is 0 Å². The Kier molecular flexibility index (Phi) is 5.27. The Morgan fingerprint density at radius 1 is 0.692 bits per heavy atom. The van der Waals surface area contributed by atoms with Gasteiger partial charge in [-0.15, -0.1) is 0 Å². The average molecular weight is 339 g/mol. The van der Waals surface area contributed by atoms with Crippen LogP contribution in [0.2, 0.25) is 0 Å². The lowest BCUT2D eigenvalue weighted by Gasteiger charge is -2.27. The third kappa shape index (κ3) is 4.12. The summed E-state index contributed by atoms with van der Waals surface area (Å²) >= 11 is 0. The van der Waals surface area contributed by atoms with Gasteiger partial charge in [-0.25, -0.2) is 0 Å². The Morgan fingerprint density at radius 3 is 2.04 bits per heavy atom. The Hall–Kier alpha value is -2.64. The second kappa shape index (κ2) is 8.16. The largest absolute Gasteiger partial charge is 0.295 e. The first-order valence-electron chi connectivity index (χ1n) is 9.46. The molecule has 0 aromatic heterocycles. The van der Waals surface area contributed by atoms with Crippen LogP contribution in [0.25, 0.3) is 5.57 Å². The molecule has 1 nitrogen and oxygen atoms in total. The molecule has 0 radical (unpaired) electrons. The highest BCUT2D eigenvalue weighted by Gasteiger charge is 2.15. The molecule has 0 saturated heterocycles. The summed E-state index contributed by atoms with van der Waals surface area (Å²) in [5, 5.41) is 0. The van der Waals surface area contributed by atoms with Crippen molar-refractivity contribution in [3.05, 3.63) is 113 Å². The Bertz CT molecular complexity index is 865. The quantitative estimate of drug-likeness (QED) is 0.587. The van der Waals surface area contributed by atoms with E-state index in [2.05, 4.69) is 95.9 Å². The van der Waals surface area contributed by atoms with Crippen molar-refractivity contribution in [2.24, 2.45) is 0 Å². The van der Waals surface area contributed by atoms with E-state index in [0.717, 1.165) is 32.5 Å². The van der Waals surface area contributed by atoms with Gasteiger partial charge in [-0.3, -0.25) is 4.90 Å². The van der Waals surface area contributed by atoms with Crippen molar-refractivity contribution in [2.75, 3.05) is 13.1 Å². The minimum absolute atomic E-state index is 1.00. The van der Waals surface area contributed by atoms with Crippen LogP contribution in [-0.4, -0.2) is 18.0 Å². The number of nitrogens with zero attached hydrogens (tertiary/aromatic N) is 1. The predicted octanol–water partition coefficient (Wildman–Crippen LogP) is 5.57. The van der Waals surface area contributed by atoms with Crippen LogP contribution in [0.5, 0.6) is 0 Å². The zero-order valence-electron chi connectivity index (χ0n) is 15.1. The maximum atomic E-state index is 2.53. The maximum Gasteiger partial charge on any atom is 0.0237 e. The smallest absolute Gasteiger partial charge is 0.0237 e. The molecule has 3 aromatic rings. The third-order valence-electron chi connectivity index (χ3n) is 5.14. The summed E-state index contributed by atoms with van der Waals surface area (Å²) < 4.78 is 0. The highest BCUT2D eigenvalue weighted by atomic mass is 15.1. The van der Waals surface area contributed by atoms with E-state index >= 15 is 0 Å². The molecule has 0 N–H and O–H groups in total.